The summed E-state index contributed by atoms with van der Waals surface area (Å²) < 4.78 is 14.9. The number of nitrogens with two attached hydrogens (primary N) is 1. The highest BCUT2D eigenvalue weighted by Crippen LogP contribution is 2.29. The van der Waals surface area contributed by atoms with E-state index in [2.05, 4.69) is 11.2 Å². The number of hydrogen-bond donors (Lipinski definition) is 1. The highest BCUT2D eigenvalue weighted by Gasteiger charge is 2.18. The molecule has 1 heterocycles. The van der Waals surface area contributed by atoms with Gasteiger partial charge in [0.15, 0.2) is 0 Å². The van der Waals surface area contributed by atoms with E-state index in [1.807, 2.05) is 31.2 Å². The molecule has 0 radical (unpaired) electrons. The van der Waals surface area contributed by atoms with Gasteiger partial charge in [0.2, 0.25) is 0 Å². The fourth-order valence-electron chi connectivity index (χ4n) is 2.34. The maximum atomic E-state index is 13.4. The monoisotopic (exact) mass is 292 g/mol. The molecule has 3 rings (SSSR count). The van der Waals surface area contributed by atoms with Gasteiger partial charge < -0.3 is 5.73 Å². The molecule has 108 valence electrons. The van der Waals surface area contributed by atoms with Crippen molar-refractivity contribution in [2.45, 2.75) is 6.92 Å². The smallest absolute Gasteiger partial charge is 0.145 e. The van der Waals surface area contributed by atoms with Crippen LogP contribution in [0.15, 0.2) is 48.5 Å². The first-order valence-corrected chi connectivity index (χ1v) is 6.71. The number of aromatic nitrogens is 2. The van der Waals surface area contributed by atoms with Crippen LogP contribution in [0.5, 0.6) is 0 Å². The number of halogens is 1. The highest BCUT2D eigenvalue weighted by atomic mass is 19.1. The van der Waals surface area contributed by atoms with E-state index in [1.54, 1.807) is 12.1 Å². The second kappa shape index (κ2) is 5.34. The summed E-state index contributed by atoms with van der Waals surface area (Å²) in [5.41, 5.74) is 9.01. The van der Waals surface area contributed by atoms with Crippen LogP contribution in [0.2, 0.25) is 0 Å². The lowest BCUT2D eigenvalue weighted by Gasteiger charge is -2.04. The topological polar surface area (TPSA) is 67.6 Å². The normalized spacial score (nSPS) is 10.4. The van der Waals surface area contributed by atoms with Gasteiger partial charge in [0.25, 0.3) is 0 Å². The van der Waals surface area contributed by atoms with Gasteiger partial charge in [-0.25, -0.2) is 9.07 Å². The first-order valence-electron chi connectivity index (χ1n) is 6.71. The molecule has 0 unspecified atom stereocenters. The van der Waals surface area contributed by atoms with Gasteiger partial charge in [0.1, 0.15) is 29.0 Å². The van der Waals surface area contributed by atoms with Crippen LogP contribution < -0.4 is 5.73 Å². The van der Waals surface area contributed by atoms with Gasteiger partial charge in [-0.3, -0.25) is 0 Å². The predicted octanol–water partition coefficient (Wildman–Crippen LogP) is 3.44. The molecule has 2 N–H and O–H groups in total. The van der Waals surface area contributed by atoms with E-state index in [0.29, 0.717) is 11.3 Å². The van der Waals surface area contributed by atoms with Crippen LogP contribution >= 0.6 is 0 Å². The summed E-state index contributed by atoms with van der Waals surface area (Å²) in [5, 5.41) is 13.8. The van der Waals surface area contributed by atoms with Crippen molar-refractivity contribution in [3.8, 4) is 23.0 Å². The van der Waals surface area contributed by atoms with E-state index < -0.39 is 0 Å². The minimum Gasteiger partial charge on any atom is -0.382 e. The summed E-state index contributed by atoms with van der Waals surface area (Å²) in [4.78, 5) is 0. The number of benzene rings is 2. The van der Waals surface area contributed by atoms with Crippen molar-refractivity contribution >= 4 is 5.82 Å². The molecule has 1 aromatic heterocycles. The van der Waals surface area contributed by atoms with Crippen molar-refractivity contribution < 1.29 is 4.39 Å². The average molecular weight is 292 g/mol. The lowest BCUT2D eigenvalue weighted by molar-refractivity contribution is 0.628. The van der Waals surface area contributed by atoms with E-state index in [0.717, 1.165) is 11.3 Å². The summed E-state index contributed by atoms with van der Waals surface area (Å²) in [5.74, 6) is -0.141. The van der Waals surface area contributed by atoms with Crippen LogP contribution in [-0.4, -0.2) is 9.78 Å². The van der Waals surface area contributed by atoms with Gasteiger partial charge in [0.05, 0.1) is 5.69 Å². The Balaban J connectivity index is 2.22. The van der Waals surface area contributed by atoms with Crippen molar-refractivity contribution in [1.29, 1.82) is 5.26 Å². The van der Waals surface area contributed by atoms with Gasteiger partial charge in [-0.1, -0.05) is 24.3 Å². The molecule has 0 aliphatic heterocycles. The van der Waals surface area contributed by atoms with Gasteiger partial charge in [-0.2, -0.15) is 10.4 Å². The third-order valence-electron chi connectivity index (χ3n) is 3.38. The largest absolute Gasteiger partial charge is 0.382 e. The SMILES string of the molecule is Cc1cccc(-n2nc(-c3cccc(F)c3)c(C#N)c2N)c1. The van der Waals surface area contributed by atoms with Gasteiger partial charge in [0, 0.05) is 5.56 Å². The Kier molecular flexibility index (Phi) is 3.36. The Labute approximate surface area is 127 Å². The first kappa shape index (κ1) is 13.8. The molecule has 0 atom stereocenters. The predicted molar refractivity (Wildman–Crippen MR) is 82.8 cm³/mol. The molecule has 0 aliphatic rings. The molecule has 0 aliphatic carbocycles. The molecule has 22 heavy (non-hydrogen) atoms. The summed E-state index contributed by atoms with van der Waals surface area (Å²) in [6.45, 7) is 1.96. The molecule has 5 heteroatoms. The van der Waals surface area contributed by atoms with Crippen LogP contribution in [-0.2, 0) is 0 Å². The van der Waals surface area contributed by atoms with Gasteiger partial charge >= 0.3 is 0 Å². The number of hydrogen-bond acceptors (Lipinski definition) is 3. The van der Waals surface area contributed by atoms with E-state index in [9.17, 15) is 9.65 Å². The maximum absolute atomic E-state index is 13.4. The Morgan fingerprint density at radius 3 is 2.64 bits per heavy atom. The third kappa shape index (κ3) is 2.31. The van der Waals surface area contributed by atoms with Crippen molar-refractivity contribution in [1.82, 2.24) is 9.78 Å². The molecular formula is C17H13FN4. The summed E-state index contributed by atoms with van der Waals surface area (Å²) in [6, 6.07) is 15.6. The summed E-state index contributed by atoms with van der Waals surface area (Å²) >= 11 is 0. The van der Waals surface area contributed by atoms with Gasteiger partial charge in [-0.05, 0) is 36.8 Å². The minimum absolute atomic E-state index is 0.243. The Hall–Kier alpha value is -3.13. The van der Waals surface area contributed by atoms with E-state index in [1.165, 1.54) is 16.8 Å². The van der Waals surface area contributed by atoms with Gasteiger partial charge in [-0.15, -0.1) is 0 Å². The molecule has 4 nitrogen and oxygen atoms in total. The quantitative estimate of drug-likeness (QED) is 0.786. The van der Waals surface area contributed by atoms with Crippen molar-refractivity contribution in [2.75, 3.05) is 5.73 Å². The average Bonchev–Trinajstić information content (AvgIpc) is 2.84. The Bertz CT molecular complexity index is 890. The minimum atomic E-state index is -0.384. The molecule has 2 aromatic carbocycles. The number of nitrogens with zero attached hydrogens (tertiary/aromatic N) is 3. The second-order valence-electron chi connectivity index (χ2n) is 4.98. The van der Waals surface area contributed by atoms with Crippen LogP contribution in [0.3, 0.4) is 0 Å². The Morgan fingerprint density at radius 1 is 1.18 bits per heavy atom. The number of nitriles is 1. The zero-order valence-corrected chi connectivity index (χ0v) is 11.9. The fourth-order valence-corrected chi connectivity index (χ4v) is 2.34. The molecule has 0 saturated carbocycles. The van der Waals surface area contributed by atoms with E-state index in [-0.39, 0.29) is 17.2 Å². The molecule has 0 saturated heterocycles. The zero-order valence-electron chi connectivity index (χ0n) is 11.9. The second-order valence-corrected chi connectivity index (χ2v) is 4.98. The fraction of sp³-hybridized carbons (Fsp3) is 0.0588. The van der Waals surface area contributed by atoms with Crippen molar-refractivity contribution in [3.05, 3.63) is 65.5 Å². The number of anilines is 1. The first-order chi connectivity index (χ1) is 10.6. The van der Waals surface area contributed by atoms with E-state index >= 15 is 0 Å². The molecule has 0 fully saturated rings. The molecule has 0 amide bonds. The number of rotatable bonds is 2. The van der Waals surface area contributed by atoms with Crippen LogP contribution in [0.25, 0.3) is 16.9 Å². The summed E-state index contributed by atoms with van der Waals surface area (Å²) in [7, 11) is 0. The number of nitrogen functional groups attached to an aromatic ring is 1. The maximum Gasteiger partial charge on any atom is 0.145 e. The number of aryl methyl sites for hydroxylation is 1. The highest BCUT2D eigenvalue weighted by molar-refractivity contribution is 5.73. The molecule has 3 aromatic rings. The molecule has 0 spiro atoms. The Morgan fingerprint density at radius 2 is 1.95 bits per heavy atom. The van der Waals surface area contributed by atoms with Crippen LogP contribution in [0, 0.1) is 24.1 Å². The van der Waals surface area contributed by atoms with Crippen molar-refractivity contribution in [2.24, 2.45) is 0 Å². The standard InChI is InChI=1S/C17H13FN4/c1-11-4-2-7-14(8-11)22-17(20)15(10-19)16(21-22)12-5-3-6-13(18)9-12/h2-9H,20H2,1H3. The van der Waals surface area contributed by atoms with Crippen molar-refractivity contribution in [3.63, 3.8) is 0 Å². The summed E-state index contributed by atoms with van der Waals surface area (Å²) in [6.07, 6.45) is 0. The zero-order chi connectivity index (χ0) is 15.7. The lowest BCUT2D eigenvalue weighted by Crippen LogP contribution is -2.02. The molecular weight excluding hydrogens is 279 g/mol. The van der Waals surface area contributed by atoms with E-state index in [4.69, 9.17) is 5.73 Å². The third-order valence-corrected chi connectivity index (χ3v) is 3.38. The van der Waals surface area contributed by atoms with Crippen LogP contribution in [0.4, 0.5) is 10.2 Å². The lowest BCUT2D eigenvalue weighted by atomic mass is 10.1. The van der Waals surface area contributed by atoms with Crippen LogP contribution in [0.1, 0.15) is 11.1 Å². The molecule has 0 bridgehead atoms.